The third-order valence-corrected chi connectivity index (χ3v) is 4.70. The number of para-hydroxylation sites is 1. The van der Waals surface area contributed by atoms with Crippen molar-refractivity contribution in [2.75, 3.05) is 12.4 Å². The fraction of sp³-hybridized carbons (Fsp3) is 0.261. The van der Waals surface area contributed by atoms with Crippen LogP contribution in [0, 0.1) is 0 Å². The van der Waals surface area contributed by atoms with Crippen molar-refractivity contribution in [2.45, 2.75) is 32.7 Å². The number of anilines is 1. The van der Waals surface area contributed by atoms with Crippen molar-refractivity contribution < 1.29 is 9.53 Å². The monoisotopic (exact) mass is 391 g/mol. The molecule has 0 radical (unpaired) electrons. The number of hydrogen-bond donors (Lipinski definition) is 1. The summed E-state index contributed by atoms with van der Waals surface area (Å²) >= 11 is 0. The fourth-order valence-electron chi connectivity index (χ4n) is 3.08. The van der Waals surface area contributed by atoms with Gasteiger partial charge in [-0.3, -0.25) is 9.59 Å². The van der Waals surface area contributed by atoms with Crippen LogP contribution in [0.5, 0.6) is 5.75 Å². The Balaban J connectivity index is 1.61. The van der Waals surface area contributed by atoms with E-state index in [1.165, 1.54) is 10.7 Å². The Labute approximate surface area is 170 Å². The zero-order chi connectivity index (χ0) is 20.6. The van der Waals surface area contributed by atoms with E-state index >= 15 is 0 Å². The largest absolute Gasteiger partial charge is 0.497 e. The van der Waals surface area contributed by atoms with Gasteiger partial charge in [0.1, 0.15) is 5.75 Å². The third-order valence-electron chi connectivity index (χ3n) is 4.70. The molecule has 1 aromatic heterocycles. The van der Waals surface area contributed by atoms with Crippen molar-refractivity contribution >= 4 is 11.6 Å². The van der Waals surface area contributed by atoms with Gasteiger partial charge in [0.2, 0.25) is 5.91 Å². The highest BCUT2D eigenvalue weighted by Crippen LogP contribution is 2.19. The van der Waals surface area contributed by atoms with Crippen molar-refractivity contribution in [1.82, 2.24) is 9.78 Å². The molecule has 2 aromatic carbocycles. The van der Waals surface area contributed by atoms with E-state index in [2.05, 4.69) is 17.3 Å². The lowest BCUT2D eigenvalue weighted by atomic mass is 10.1. The summed E-state index contributed by atoms with van der Waals surface area (Å²) in [4.78, 5) is 24.4. The summed E-state index contributed by atoms with van der Waals surface area (Å²) < 4.78 is 6.58. The number of rotatable bonds is 8. The predicted octanol–water partition coefficient (Wildman–Crippen LogP) is 3.90. The molecule has 0 aliphatic heterocycles. The molecule has 0 bridgehead atoms. The van der Waals surface area contributed by atoms with E-state index in [9.17, 15) is 9.59 Å². The number of carbonyl (C=O) groups is 1. The maximum absolute atomic E-state index is 12.3. The lowest BCUT2D eigenvalue weighted by Gasteiger charge is -2.10. The minimum atomic E-state index is -0.181. The second-order valence-corrected chi connectivity index (χ2v) is 6.67. The van der Waals surface area contributed by atoms with Crippen LogP contribution in [-0.4, -0.2) is 22.8 Å². The Morgan fingerprint density at radius 1 is 1.07 bits per heavy atom. The highest BCUT2D eigenvalue weighted by Gasteiger charge is 2.08. The molecular weight excluding hydrogens is 366 g/mol. The molecule has 0 aliphatic carbocycles. The molecule has 29 heavy (non-hydrogen) atoms. The molecule has 0 unspecified atom stereocenters. The van der Waals surface area contributed by atoms with E-state index in [4.69, 9.17) is 4.74 Å². The number of aromatic nitrogens is 2. The number of amides is 1. The molecule has 6 nitrogen and oxygen atoms in total. The van der Waals surface area contributed by atoms with E-state index in [0.717, 1.165) is 29.0 Å². The summed E-state index contributed by atoms with van der Waals surface area (Å²) in [7, 11) is 1.62. The summed E-state index contributed by atoms with van der Waals surface area (Å²) in [5.74, 6) is 0.697. The van der Waals surface area contributed by atoms with Gasteiger partial charge in [-0.25, -0.2) is 4.68 Å². The summed E-state index contributed by atoms with van der Waals surface area (Å²) in [6, 6.07) is 18.5. The van der Waals surface area contributed by atoms with Crippen molar-refractivity contribution in [3.8, 4) is 17.0 Å². The highest BCUT2D eigenvalue weighted by molar-refractivity contribution is 5.91. The third kappa shape index (κ3) is 5.31. The van der Waals surface area contributed by atoms with Gasteiger partial charge in [-0.15, -0.1) is 0 Å². The van der Waals surface area contributed by atoms with Crippen LogP contribution < -0.4 is 15.6 Å². The molecule has 1 heterocycles. The van der Waals surface area contributed by atoms with E-state index in [-0.39, 0.29) is 11.5 Å². The van der Waals surface area contributed by atoms with Crippen molar-refractivity contribution in [2.24, 2.45) is 0 Å². The van der Waals surface area contributed by atoms with Crippen LogP contribution in [0.25, 0.3) is 11.3 Å². The molecule has 0 spiro atoms. The first-order chi connectivity index (χ1) is 14.1. The van der Waals surface area contributed by atoms with E-state index < -0.39 is 0 Å². The van der Waals surface area contributed by atoms with Crippen LogP contribution in [0.15, 0.2) is 65.5 Å². The molecule has 0 saturated carbocycles. The number of benzene rings is 2. The van der Waals surface area contributed by atoms with Gasteiger partial charge < -0.3 is 10.1 Å². The number of hydrogen-bond acceptors (Lipinski definition) is 4. The summed E-state index contributed by atoms with van der Waals surface area (Å²) in [6.07, 6.45) is 1.70. The number of methoxy groups -OCH3 is 1. The van der Waals surface area contributed by atoms with E-state index in [0.29, 0.717) is 25.1 Å². The van der Waals surface area contributed by atoms with Crippen LogP contribution in [0.2, 0.25) is 0 Å². The van der Waals surface area contributed by atoms with Gasteiger partial charge in [-0.2, -0.15) is 5.10 Å². The van der Waals surface area contributed by atoms with Gasteiger partial charge >= 0.3 is 0 Å². The molecule has 1 amide bonds. The zero-order valence-corrected chi connectivity index (χ0v) is 16.7. The average molecular weight is 391 g/mol. The molecule has 6 heteroatoms. The topological polar surface area (TPSA) is 73.2 Å². The Morgan fingerprint density at radius 3 is 2.55 bits per heavy atom. The lowest BCUT2D eigenvalue weighted by molar-refractivity contribution is -0.116. The first-order valence-electron chi connectivity index (χ1n) is 9.71. The van der Waals surface area contributed by atoms with E-state index in [1.54, 1.807) is 13.2 Å². The normalized spacial score (nSPS) is 10.6. The van der Waals surface area contributed by atoms with Crippen LogP contribution >= 0.6 is 0 Å². The zero-order valence-electron chi connectivity index (χ0n) is 16.7. The van der Waals surface area contributed by atoms with Gasteiger partial charge in [0.05, 0.1) is 12.8 Å². The van der Waals surface area contributed by atoms with E-state index in [1.807, 2.05) is 48.5 Å². The maximum Gasteiger partial charge on any atom is 0.266 e. The van der Waals surface area contributed by atoms with Gasteiger partial charge in [0.25, 0.3) is 5.56 Å². The van der Waals surface area contributed by atoms with Crippen molar-refractivity contribution in [3.05, 3.63) is 76.6 Å². The van der Waals surface area contributed by atoms with Crippen molar-refractivity contribution in [3.63, 3.8) is 0 Å². The Bertz CT molecular complexity index is 1030. The quantitative estimate of drug-likeness (QED) is 0.632. The molecular formula is C23H25N3O3. The molecule has 150 valence electrons. The lowest BCUT2D eigenvalue weighted by Crippen LogP contribution is -2.23. The minimum absolute atomic E-state index is 0.0646. The summed E-state index contributed by atoms with van der Waals surface area (Å²) in [6.45, 7) is 2.44. The minimum Gasteiger partial charge on any atom is -0.497 e. The smallest absolute Gasteiger partial charge is 0.266 e. The van der Waals surface area contributed by atoms with Crippen LogP contribution in [0.1, 0.15) is 25.3 Å². The van der Waals surface area contributed by atoms with Crippen LogP contribution in [0.4, 0.5) is 5.69 Å². The predicted molar refractivity (Wildman–Crippen MR) is 114 cm³/mol. The number of nitrogens with one attached hydrogen (secondary N) is 1. The summed E-state index contributed by atoms with van der Waals surface area (Å²) in [5, 5.41) is 7.39. The molecule has 0 atom stereocenters. The van der Waals surface area contributed by atoms with Crippen LogP contribution in [0.3, 0.4) is 0 Å². The molecule has 3 aromatic rings. The van der Waals surface area contributed by atoms with Gasteiger partial charge in [0.15, 0.2) is 0 Å². The summed E-state index contributed by atoms with van der Waals surface area (Å²) in [5.41, 5.74) is 3.36. The Hall–Kier alpha value is -3.41. The number of carbonyl (C=O) groups excluding carboxylic acids is 1. The number of ether oxygens (including phenoxy) is 1. The van der Waals surface area contributed by atoms with Gasteiger partial charge in [-0.05, 0) is 54.8 Å². The van der Waals surface area contributed by atoms with Crippen LogP contribution in [-0.2, 0) is 17.8 Å². The molecule has 0 fully saturated rings. The number of nitrogens with zero attached hydrogens (tertiary/aromatic N) is 2. The maximum atomic E-state index is 12.3. The molecule has 0 aliphatic rings. The Kier molecular flexibility index (Phi) is 6.79. The standard InChI is InChI=1S/C23H25N3O3/c1-3-17-7-4-5-8-20(17)24-22(27)9-6-16-26-23(28)15-14-21(25-26)18-10-12-19(29-2)13-11-18/h4-5,7-8,10-15H,3,6,9,16H2,1-2H3,(H,24,27). The fourth-order valence-corrected chi connectivity index (χ4v) is 3.08. The first kappa shape index (κ1) is 20.3. The van der Waals surface area contributed by atoms with Gasteiger partial charge in [0, 0.05) is 30.3 Å². The first-order valence-corrected chi connectivity index (χ1v) is 9.71. The molecule has 3 rings (SSSR count). The second-order valence-electron chi connectivity index (χ2n) is 6.67. The van der Waals surface area contributed by atoms with Crippen molar-refractivity contribution in [1.29, 1.82) is 0 Å². The Morgan fingerprint density at radius 2 is 1.83 bits per heavy atom. The number of aryl methyl sites for hydroxylation is 2. The highest BCUT2D eigenvalue weighted by atomic mass is 16.5. The SMILES string of the molecule is CCc1ccccc1NC(=O)CCCn1nc(-c2ccc(OC)cc2)ccc1=O. The average Bonchev–Trinajstić information content (AvgIpc) is 2.75. The van der Waals surface area contributed by atoms with Gasteiger partial charge in [-0.1, -0.05) is 25.1 Å². The second kappa shape index (κ2) is 9.68. The molecule has 0 saturated heterocycles. The molecule has 1 N–H and O–H groups in total.